The predicted molar refractivity (Wildman–Crippen MR) is 94.6 cm³/mol. The maximum atomic E-state index is 12.1. The lowest BCUT2D eigenvalue weighted by Gasteiger charge is -2.24. The van der Waals surface area contributed by atoms with Crippen molar-refractivity contribution in [3.63, 3.8) is 0 Å². The van der Waals surface area contributed by atoms with Gasteiger partial charge in [0.05, 0.1) is 22.6 Å². The molecule has 25 heavy (non-hydrogen) atoms. The van der Waals surface area contributed by atoms with Crippen LogP contribution in [0.5, 0.6) is 5.75 Å². The highest BCUT2D eigenvalue weighted by Crippen LogP contribution is 2.27. The lowest BCUT2D eigenvalue weighted by Crippen LogP contribution is -2.48. The third kappa shape index (κ3) is 3.82. The van der Waals surface area contributed by atoms with Crippen molar-refractivity contribution in [1.29, 1.82) is 0 Å². The molecule has 1 N–H and O–H groups in total. The van der Waals surface area contributed by atoms with Crippen LogP contribution in [0, 0.1) is 0 Å². The van der Waals surface area contributed by atoms with Crippen LogP contribution in [0.2, 0.25) is 0 Å². The molecule has 6 nitrogen and oxygen atoms in total. The van der Waals surface area contributed by atoms with Crippen LogP contribution in [0.15, 0.2) is 36.4 Å². The van der Waals surface area contributed by atoms with E-state index in [1.54, 1.807) is 13.0 Å². The van der Waals surface area contributed by atoms with Crippen LogP contribution >= 0.6 is 0 Å². The minimum absolute atomic E-state index is 0.0682. The maximum absolute atomic E-state index is 12.1. The number of sulfone groups is 1. The summed E-state index contributed by atoms with van der Waals surface area (Å²) in [6.45, 7) is 1.43. The van der Waals surface area contributed by atoms with Crippen LogP contribution < -0.4 is 10.1 Å². The SMILES string of the molecule is C[C@]1(NC(=O)COc2ccc3ccccc3c2C=O)CCS(=O)(=O)C1. The number of nitrogens with one attached hydrogen (secondary N) is 1. The molecule has 1 atom stereocenters. The Balaban J connectivity index is 1.70. The lowest BCUT2D eigenvalue weighted by molar-refractivity contribution is -0.124. The Morgan fingerprint density at radius 3 is 2.72 bits per heavy atom. The van der Waals surface area contributed by atoms with E-state index in [9.17, 15) is 18.0 Å². The van der Waals surface area contributed by atoms with Gasteiger partial charge in [0, 0.05) is 0 Å². The van der Waals surface area contributed by atoms with Gasteiger partial charge in [0.2, 0.25) is 0 Å². The van der Waals surface area contributed by atoms with Crippen LogP contribution in [0.4, 0.5) is 0 Å². The molecule has 2 aromatic rings. The summed E-state index contributed by atoms with van der Waals surface area (Å²) in [5.74, 6) is -0.0796. The zero-order chi connectivity index (χ0) is 18.1. The number of aldehydes is 1. The van der Waals surface area contributed by atoms with Crippen molar-refractivity contribution < 1.29 is 22.7 Å². The number of ether oxygens (including phenoxy) is 1. The molecule has 7 heteroatoms. The summed E-state index contributed by atoms with van der Waals surface area (Å²) in [5, 5.41) is 4.39. The van der Waals surface area contributed by atoms with Gasteiger partial charge >= 0.3 is 0 Å². The Labute approximate surface area is 146 Å². The zero-order valence-electron chi connectivity index (χ0n) is 13.8. The van der Waals surface area contributed by atoms with Gasteiger partial charge in [-0.05, 0) is 30.2 Å². The largest absolute Gasteiger partial charge is 0.483 e. The number of fused-ring (bicyclic) bond motifs is 1. The third-order valence-electron chi connectivity index (χ3n) is 4.35. The summed E-state index contributed by atoms with van der Waals surface area (Å²) in [5.41, 5.74) is -0.378. The van der Waals surface area contributed by atoms with E-state index in [0.717, 1.165) is 10.8 Å². The van der Waals surface area contributed by atoms with E-state index >= 15 is 0 Å². The van der Waals surface area contributed by atoms with Crippen LogP contribution in [-0.2, 0) is 14.6 Å². The molecule has 2 aromatic carbocycles. The van der Waals surface area contributed by atoms with E-state index < -0.39 is 21.3 Å². The molecule has 0 aromatic heterocycles. The highest BCUT2D eigenvalue weighted by Gasteiger charge is 2.39. The third-order valence-corrected chi connectivity index (χ3v) is 6.25. The Hall–Kier alpha value is -2.41. The van der Waals surface area contributed by atoms with Gasteiger partial charge in [-0.2, -0.15) is 0 Å². The lowest BCUT2D eigenvalue weighted by atomic mass is 10.0. The first-order valence-corrected chi connectivity index (χ1v) is 9.75. The van der Waals surface area contributed by atoms with E-state index in [1.165, 1.54) is 0 Å². The number of benzene rings is 2. The molecule has 0 saturated carbocycles. The highest BCUT2D eigenvalue weighted by molar-refractivity contribution is 7.91. The van der Waals surface area contributed by atoms with Crippen LogP contribution in [-0.4, -0.2) is 44.3 Å². The molecule has 1 heterocycles. The number of hydrogen-bond acceptors (Lipinski definition) is 5. The van der Waals surface area contributed by atoms with Crippen LogP contribution in [0.3, 0.4) is 0 Å². The molecule has 1 fully saturated rings. The summed E-state index contributed by atoms with van der Waals surface area (Å²) in [4.78, 5) is 23.6. The maximum Gasteiger partial charge on any atom is 0.258 e. The molecule has 1 amide bonds. The van der Waals surface area contributed by atoms with Crippen molar-refractivity contribution in [2.75, 3.05) is 18.1 Å². The number of hydrogen-bond donors (Lipinski definition) is 1. The quantitative estimate of drug-likeness (QED) is 0.819. The van der Waals surface area contributed by atoms with Gasteiger partial charge < -0.3 is 10.1 Å². The minimum atomic E-state index is -3.10. The first-order valence-electron chi connectivity index (χ1n) is 7.93. The van der Waals surface area contributed by atoms with E-state index in [-0.39, 0.29) is 18.1 Å². The Morgan fingerprint density at radius 1 is 1.28 bits per heavy atom. The molecule has 0 aliphatic carbocycles. The molecule has 3 rings (SSSR count). The first kappa shape index (κ1) is 17.4. The van der Waals surface area contributed by atoms with Crippen LogP contribution in [0.25, 0.3) is 10.8 Å². The standard InChI is InChI=1S/C18H19NO5S/c1-18(8-9-25(22,23)12-18)19-17(21)11-24-16-7-6-13-4-2-3-5-14(13)15(16)10-20/h2-7,10H,8-9,11-12H2,1H3,(H,19,21)/t18-/m0/s1. The van der Waals surface area contributed by atoms with Crippen molar-refractivity contribution in [1.82, 2.24) is 5.32 Å². The van der Waals surface area contributed by atoms with Gasteiger partial charge in [-0.3, -0.25) is 9.59 Å². The molecule has 1 aliphatic rings. The Bertz CT molecular complexity index is 938. The molecule has 1 saturated heterocycles. The summed E-state index contributed by atoms with van der Waals surface area (Å²) >= 11 is 0. The molecule has 1 aliphatic heterocycles. The van der Waals surface area contributed by atoms with Crippen LogP contribution in [0.1, 0.15) is 23.7 Å². The summed E-state index contributed by atoms with van der Waals surface area (Å²) < 4.78 is 28.7. The molecule has 0 bridgehead atoms. The van der Waals surface area contributed by atoms with Crippen molar-refractivity contribution in [2.24, 2.45) is 0 Å². The van der Waals surface area contributed by atoms with Crippen molar-refractivity contribution >= 4 is 32.8 Å². The van der Waals surface area contributed by atoms with Gasteiger partial charge in [-0.1, -0.05) is 30.3 Å². The van der Waals surface area contributed by atoms with Crippen molar-refractivity contribution in [3.8, 4) is 5.75 Å². The topological polar surface area (TPSA) is 89.5 Å². The summed E-state index contributed by atoms with van der Waals surface area (Å²) in [6.07, 6.45) is 1.09. The number of carbonyl (C=O) groups is 2. The monoisotopic (exact) mass is 361 g/mol. The number of rotatable bonds is 5. The second-order valence-electron chi connectivity index (χ2n) is 6.56. The molecule has 132 valence electrons. The number of carbonyl (C=O) groups excluding carboxylic acids is 2. The average molecular weight is 361 g/mol. The van der Waals surface area contributed by atoms with E-state index in [4.69, 9.17) is 4.74 Å². The first-order chi connectivity index (χ1) is 11.8. The fraction of sp³-hybridized carbons (Fsp3) is 0.333. The molecule has 0 unspecified atom stereocenters. The molecule has 0 spiro atoms. The van der Waals surface area contributed by atoms with E-state index in [1.807, 2.05) is 30.3 Å². The predicted octanol–water partition coefficient (Wildman–Crippen LogP) is 1.72. The van der Waals surface area contributed by atoms with Gasteiger partial charge in [0.15, 0.2) is 22.7 Å². The minimum Gasteiger partial charge on any atom is -0.483 e. The van der Waals surface area contributed by atoms with Gasteiger partial charge in [-0.15, -0.1) is 0 Å². The number of amides is 1. The highest BCUT2D eigenvalue weighted by atomic mass is 32.2. The molecule has 0 radical (unpaired) electrons. The smallest absolute Gasteiger partial charge is 0.258 e. The van der Waals surface area contributed by atoms with Gasteiger partial charge in [-0.25, -0.2) is 8.42 Å². The fourth-order valence-corrected chi connectivity index (χ4v) is 5.24. The van der Waals surface area contributed by atoms with Gasteiger partial charge in [0.25, 0.3) is 5.91 Å². The van der Waals surface area contributed by atoms with Gasteiger partial charge in [0.1, 0.15) is 5.75 Å². The average Bonchev–Trinajstić information content (AvgIpc) is 2.85. The summed E-state index contributed by atoms with van der Waals surface area (Å²) in [6, 6.07) is 10.9. The van der Waals surface area contributed by atoms with Crippen molar-refractivity contribution in [2.45, 2.75) is 18.9 Å². The second-order valence-corrected chi connectivity index (χ2v) is 8.74. The Morgan fingerprint density at radius 2 is 2.04 bits per heavy atom. The zero-order valence-corrected chi connectivity index (χ0v) is 14.6. The van der Waals surface area contributed by atoms with E-state index in [0.29, 0.717) is 24.0 Å². The Kier molecular flexibility index (Phi) is 4.51. The van der Waals surface area contributed by atoms with E-state index in [2.05, 4.69) is 5.32 Å². The second kappa shape index (κ2) is 6.48. The normalized spacial score (nSPS) is 21.8. The van der Waals surface area contributed by atoms with Crippen molar-refractivity contribution in [3.05, 3.63) is 42.0 Å². The summed E-state index contributed by atoms with van der Waals surface area (Å²) in [7, 11) is -3.10. The molecular weight excluding hydrogens is 342 g/mol. The fourth-order valence-electron chi connectivity index (χ4n) is 3.15. The molecular formula is C18H19NO5S.